The van der Waals surface area contributed by atoms with E-state index in [0.717, 1.165) is 11.1 Å². The maximum Gasteiger partial charge on any atom is 0.182 e. The molecule has 0 aliphatic rings. The summed E-state index contributed by atoms with van der Waals surface area (Å²) < 4.78 is 42.1. The molecule has 2 N–H and O–H groups in total. The van der Waals surface area contributed by atoms with E-state index in [1.54, 1.807) is 55.5 Å². The fourth-order valence-electron chi connectivity index (χ4n) is 2.52. The van der Waals surface area contributed by atoms with Crippen molar-refractivity contribution in [2.24, 2.45) is 0 Å². The molecule has 6 heteroatoms. The van der Waals surface area contributed by atoms with Crippen molar-refractivity contribution in [3.63, 3.8) is 0 Å². The quantitative estimate of drug-likeness (QED) is 0.793. The van der Waals surface area contributed by atoms with Crippen molar-refractivity contribution in [1.29, 1.82) is 0 Å². The lowest BCUT2D eigenvalue weighted by Crippen LogP contribution is -2.46. The maximum absolute atomic E-state index is 12.0. The van der Waals surface area contributed by atoms with Crippen LogP contribution >= 0.6 is 0 Å². The number of hydrogen-bond acceptors (Lipinski definition) is 2. The summed E-state index contributed by atoms with van der Waals surface area (Å²) in [5.41, 5.74) is 1.50. The Bertz CT molecular complexity index is 644. The lowest BCUT2D eigenvalue weighted by molar-refractivity contribution is 0.473. The summed E-state index contributed by atoms with van der Waals surface area (Å²) in [6.07, 6.45) is 0.0378. The molecule has 0 spiro atoms. The molecule has 0 aliphatic carbocycles. The predicted octanol–water partition coefficient (Wildman–Crippen LogP) is 3.17. The van der Waals surface area contributed by atoms with Gasteiger partial charge in [-0.2, -0.15) is 0 Å². The lowest BCUT2D eigenvalue weighted by atomic mass is 9.93. The van der Waals surface area contributed by atoms with Crippen molar-refractivity contribution in [2.45, 2.75) is 23.3 Å². The van der Waals surface area contributed by atoms with E-state index in [4.69, 9.17) is 0 Å². The lowest BCUT2D eigenvalue weighted by Gasteiger charge is -2.33. The topological polar surface area (TPSA) is 74.6 Å². The first kappa shape index (κ1) is 17.0. The highest BCUT2D eigenvalue weighted by atomic mass is 32.3. The summed E-state index contributed by atoms with van der Waals surface area (Å²) >= 11 is -4.95. The van der Waals surface area contributed by atoms with Gasteiger partial charge in [0.05, 0.1) is 0 Å². The van der Waals surface area contributed by atoms with Gasteiger partial charge in [-0.3, -0.25) is 0 Å². The predicted molar refractivity (Wildman–Crippen MR) is 89.3 cm³/mol. The van der Waals surface area contributed by atoms with Crippen LogP contribution in [0.2, 0.25) is 0 Å². The Labute approximate surface area is 135 Å². The van der Waals surface area contributed by atoms with E-state index in [9.17, 15) is 17.5 Å². The standard InChI is InChI=1S/C16H18O4S2/c1-13(15-10-6-3-7-11-15)16(21(17)18,22(19)20)12-14-8-4-2-5-9-14/h2-11,13H,12H2,1H3,(H,17,18)(H,19,20). The summed E-state index contributed by atoms with van der Waals surface area (Å²) in [6.45, 7) is 1.71. The molecule has 0 heterocycles. The molecule has 2 aromatic rings. The van der Waals surface area contributed by atoms with Crippen LogP contribution in [0.15, 0.2) is 60.7 Å². The number of hydrogen-bond donors (Lipinski definition) is 2. The fourth-order valence-corrected chi connectivity index (χ4v) is 4.46. The Morgan fingerprint density at radius 1 is 0.909 bits per heavy atom. The van der Waals surface area contributed by atoms with Gasteiger partial charge in [0.1, 0.15) is 0 Å². The molecule has 2 aromatic carbocycles. The third-order valence-corrected chi connectivity index (χ3v) is 6.88. The minimum atomic E-state index is -2.47. The van der Waals surface area contributed by atoms with Crippen LogP contribution in [0.4, 0.5) is 0 Å². The second-order valence-electron chi connectivity index (χ2n) is 5.10. The van der Waals surface area contributed by atoms with Gasteiger partial charge in [0, 0.05) is 12.3 Å². The molecule has 0 bridgehead atoms. The first-order valence-corrected chi connectivity index (χ1v) is 9.00. The van der Waals surface area contributed by atoms with Crippen molar-refractivity contribution in [3.8, 4) is 0 Å². The van der Waals surface area contributed by atoms with Crippen molar-refractivity contribution in [2.75, 3.05) is 0 Å². The van der Waals surface area contributed by atoms with Crippen molar-refractivity contribution in [3.05, 3.63) is 71.8 Å². The second kappa shape index (κ2) is 7.28. The zero-order valence-corrected chi connectivity index (χ0v) is 13.7. The normalized spacial score (nSPS) is 18.1. The third-order valence-electron chi connectivity index (χ3n) is 3.84. The summed E-state index contributed by atoms with van der Waals surface area (Å²) in [4.78, 5) is 0. The van der Waals surface area contributed by atoms with Crippen LogP contribution in [0.1, 0.15) is 24.0 Å². The van der Waals surface area contributed by atoms with Gasteiger partial charge in [-0.25, -0.2) is 8.42 Å². The highest BCUT2D eigenvalue weighted by Gasteiger charge is 2.49. The van der Waals surface area contributed by atoms with Crippen LogP contribution in [0, 0.1) is 0 Å². The van der Waals surface area contributed by atoms with E-state index >= 15 is 0 Å². The molecule has 0 amide bonds. The van der Waals surface area contributed by atoms with Gasteiger partial charge >= 0.3 is 0 Å². The molecule has 0 aliphatic heterocycles. The van der Waals surface area contributed by atoms with E-state index in [-0.39, 0.29) is 6.42 Å². The van der Waals surface area contributed by atoms with E-state index in [1.807, 2.05) is 12.1 Å². The molecule has 22 heavy (non-hydrogen) atoms. The highest BCUT2D eigenvalue weighted by Crippen LogP contribution is 2.38. The summed E-state index contributed by atoms with van der Waals surface area (Å²) in [6, 6.07) is 18.0. The Balaban J connectivity index is 2.50. The third kappa shape index (κ3) is 3.35. The first-order chi connectivity index (χ1) is 10.5. The zero-order valence-electron chi connectivity index (χ0n) is 12.1. The summed E-state index contributed by atoms with van der Waals surface area (Å²) in [5, 5.41) is 0. The Morgan fingerprint density at radius 3 is 1.82 bits per heavy atom. The average molecular weight is 338 g/mol. The van der Waals surface area contributed by atoms with Crippen LogP contribution in [-0.4, -0.2) is 21.6 Å². The first-order valence-electron chi connectivity index (χ1n) is 6.79. The minimum absolute atomic E-state index is 0.0378. The largest absolute Gasteiger partial charge is 0.305 e. The smallest absolute Gasteiger partial charge is 0.182 e. The van der Waals surface area contributed by atoms with Gasteiger partial charge < -0.3 is 9.11 Å². The highest BCUT2D eigenvalue weighted by molar-refractivity contribution is 7.99. The van der Waals surface area contributed by atoms with Crippen LogP contribution < -0.4 is 0 Å². The number of benzene rings is 2. The van der Waals surface area contributed by atoms with Gasteiger partial charge in [-0.1, -0.05) is 67.6 Å². The van der Waals surface area contributed by atoms with E-state index in [0.29, 0.717) is 0 Å². The molecule has 0 aromatic heterocycles. The fraction of sp³-hybridized carbons (Fsp3) is 0.250. The average Bonchev–Trinajstić information content (AvgIpc) is 2.53. The van der Waals surface area contributed by atoms with Crippen molar-refractivity contribution < 1.29 is 17.5 Å². The molecule has 0 radical (unpaired) electrons. The summed E-state index contributed by atoms with van der Waals surface area (Å²) in [7, 11) is 0. The molecule has 4 nitrogen and oxygen atoms in total. The molecule has 3 atom stereocenters. The molecule has 3 unspecified atom stereocenters. The second-order valence-corrected chi connectivity index (χ2v) is 7.82. The van der Waals surface area contributed by atoms with E-state index in [1.165, 1.54) is 0 Å². The zero-order chi connectivity index (χ0) is 16.2. The molecular weight excluding hydrogens is 320 g/mol. The van der Waals surface area contributed by atoms with Crippen molar-refractivity contribution >= 4 is 22.2 Å². The summed E-state index contributed by atoms with van der Waals surface area (Å²) in [5.74, 6) is -0.564. The van der Waals surface area contributed by atoms with Gasteiger partial charge in [0.15, 0.2) is 26.2 Å². The monoisotopic (exact) mass is 338 g/mol. The van der Waals surface area contributed by atoms with Gasteiger partial charge in [0.25, 0.3) is 0 Å². The molecule has 0 saturated carbocycles. The van der Waals surface area contributed by atoms with Gasteiger partial charge in [-0.15, -0.1) is 0 Å². The maximum atomic E-state index is 12.0. The van der Waals surface area contributed by atoms with E-state index < -0.39 is 32.2 Å². The Kier molecular flexibility index (Phi) is 5.63. The van der Waals surface area contributed by atoms with Crippen molar-refractivity contribution in [1.82, 2.24) is 0 Å². The van der Waals surface area contributed by atoms with Crippen LogP contribution in [0.25, 0.3) is 0 Å². The van der Waals surface area contributed by atoms with E-state index in [2.05, 4.69) is 0 Å². The van der Waals surface area contributed by atoms with Gasteiger partial charge in [-0.05, 0) is 11.1 Å². The Morgan fingerprint density at radius 2 is 1.36 bits per heavy atom. The van der Waals surface area contributed by atoms with Crippen LogP contribution in [-0.2, 0) is 28.6 Å². The number of rotatable bonds is 6. The molecule has 118 valence electrons. The molecular formula is C16H18O4S2. The van der Waals surface area contributed by atoms with Crippen LogP contribution in [0.5, 0.6) is 0 Å². The Hall–Kier alpha value is -1.34. The molecule has 0 fully saturated rings. The van der Waals surface area contributed by atoms with Gasteiger partial charge in [0.2, 0.25) is 0 Å². The minimum Gasteiger partial charge on any atom is -0.305 e. The molecule has 0 saturated heterocycles. The SMILES string of the molecule is CC(c1ccccc1)C(Cc1ccccc1)(S(=O)O)S(=O)O. The molecule has 2 rings (SSSR count). The van der Waals surface area contributed by atoms with Crippen LogP contribution in [0.3, 0.4) is 0 Å².